The first-order valence-electron chi connectivity index (χ1n) is 11.8. The third kappa shape index (κ3) is 4.55. The van der Waals surface area contributed by atoms with Gasteiger partial charge in [0.1, 0.15) is 17.1 Å². The molecule has 0 saturated heterocycles. The van der Waals surface area contributed by atoms with Crippen LogP contribution in [0.25, 0.3) is 11.3 Å². The van der Waals surface area contributed by atoms with Crippen molar-refractivity contribution in [2.45, 2.75) is 19.4 Å². The molecule has 0 fully saturated rings. The molecule has 2 heterocycles. The van der Waals surface area contributed by atoms with E-state index in [2.05, 4.69) is 10.2 Å². The van der Waals surface area contributed by atoms with Crippen LogP contribution in [0.5, 0.6) is 17.2 Å². The lowest BCUT2D eigenvalue weighted by molar-refractivity contribution is 0.0746. The lowest BCUT2D eigenvalue weighted by Gasteiger charge is -2.27. The van der Waals surface area contributed by atoms with Gasteiger partial charge in [-0.15, -0.1) is 0 Å². The first-order chi connectivity index (χ1) is 18.2. The average Bonchev–Trinajstić information content (AvgIpc) is 3.45. The van der Waals surface area contributed by atoms with Gasteiger partial charge < -0.3 is 19.5 Å². The second-order valence-corrected chi connectivity index (χ2v) is 10.2. The number of aromatic nitrogens is 2. The fourth-order valence-electron chi connectivity index (χ4n) is 4.80. The summed E-state index contributed by atoms with van der Waals surface area (Å²) in [4.78, 5) is 15.4. The van der Waals surface area contributed by atoms with Crippen molar-refractivity contribution in [1.82, 2.24) is 15.1 Å². The quantitative estimate of drug-likeness (QED) is 0.253. The molecule has 1 aliphatic heterocycles. The number of nitrogens with zero attached hydrogens (tertiary/aromatic N) is 2. The van der Waals surface area contributed by atoms with Crippen molar-refractivity contribution in [3.8, 4) is 28.5 Å². The number of aryl methyl sites for hydroxylation is 1. The van der Waals surface area contributed by atoms with Gasteiger partial charge in [-0.3, -0.25) is 9.89 Å². The van der Waals surface area contributed by atoms with E-state index in [1.807, 2.05) is 24.3 Å². The molecule has 1 unspecified atom stereocenters. The Kier molecular flexibility index (Phi) is 7.18. The second kappa shape index (κ2) is 10.4. The largest absolute Gasteiger partial charge is 0.507 e. The van der Waals surface area contributed by atoms with E-state index in [0.29, 0.717) is 62.0 Å². The van der Waals surface area contributed by atoms with Crippen molar-refractivity contribution in [1.29, 1.82) is 0 Å². The molecule has 3 aromatic carbocycles. The van der Waals surface area contributed by atoms with Crippen molar-refractivity contribution in [3.05, 3.63) is 91.5 Å². The topological polar surface area (TPSA) is 87.7 Å². The van der Waals surface area contributed by atoms with Crippen LogP contribution in [-0.2, 0) is 6.42 Å². The number of phenolic OH excluding ortho intramolecular Hbond substituents is 1. The molecule has 1 aromatic heterocycles. The Morgan fingerprint density at radius 3 is 2.45 bits per heavy atom. The number of aromatic hydroxyl groups is 1. The van der Waals surface area contributed by atoms with Crippen LogP contribution in [0.2, 0.25) is 15.1 Å². The van der Waals surface area contributed by atoms with Gasteiger partial charge in [-0.1, -0.05) is 46.9 Å². The number of rotatable bonds is 7. The standard InChI is InChI=1S/C28H24Cl3N3O4/c1-14-10-21(35)17(13-19(14)30)25-24-26(33-32-25)28(36)34(27(24)16-5-6-18(29)20(31)12-16)9-8-15-4-7-22(37-2)23(11-15)38-3/h4-7,10-13,27,35H,8-9H2,1-3H3,(H,32,33). The normalized spacial score (nSPS) is 14.6. The molecule has 4 aromatic rings. The van der Waals surface area contributed by atoms with E-state index in [4.69, 9.17) is 44.3 Å². The summed E-state index contributed by atoms with van der Waals surface area (Å²) in [6.07, 6.45) is 0.554. The highest BCUT2D eigenvalue weighted by Gasteiger charge is 2.42. The molecule has 1 aliphatic rings. The Labute approximate surface area is 234 Å². The molecule has 0 saturated carbocycles. The molecule has 10 heteroatoms. The number of hydrogen-bond donors (Lipinski definition) is 2. The molecule has 0 aliphatic carbocycles. The number of carbonyl (C=O) groups is 1. The number of benzene rings is 3. The monoisotopic (exact) mass is 571 g/mol. The Morgan fingerprint density at radius 1 is 0.974 bits per heavy atom. The van der Waals surface area contributed by atoms with E-state index < -0.39 is 6.04 Å². The van der Waals surface area contributed by atoms with Crippen LogP contribution in [0.15, 0.2) is 48.5 Å². The van der Waals surface area contributed by atoms with Crippen molar-refractivity contribution >= 4 is 40.7 Å². The van der Waals surface area contributed by atoms with E-state index in [-0.39, 0.29) is 11.7 Å². The summed E-state index contributed by atoms with van der Waals surface area (Å²) in [5, 5.41) is 19.3. The smallest absolute Gasteiger partial charge is 0.273 e. The molecule has 0 spiro atoms. The number of hydrogen-bond acceptors (Lipinski definition) is 5. The fraction of sp³-hybridized carbons (Fsp3) is 0.214. The van der Waals surface area contributed by atoms with Crippen LogP contribution in [0.1, 0.15) is 38.8 Å². The molecule has 7 nitrogen and oxygen atoms in total. The number of phenols is 1. The van der Waals surface area contributed by atoms with Crippen LogP contribution in [0.3, 0.4) is 0 Å². The third-order valence-electron chi connectivity index (χ3n) is 6.74. The van der Waals surface area contributed by atoms with E-state index in [9.17, 15) is 9.90 Å². The van der Waals surface area contributed by atoms with Crippen molar-refractivity contribution in [2.75, 3.05) is 20.8 Å². The summed E-state index contributed by atoms with van der Waals surface area (Å²) < 4.78 is 10.8. The first-order valence-corrected chi connectivity index (χ1v) is 12.9. The maximum absolute atomic E-state index is 13.7. The number of nitrogens with one attached hydrogen (secondary N) is 1. The number of methoxy groups -OCH3 is 2. The van der Waals surface area contributed by atoms with Crippen molar-refractivity contribution in [2.24, 2.45) is 0 Å². The molecule has 196 valence electrons. The molecule has 38 heavy (non-hydrogen) atoms. The summed E-state index contributed by atoms with van der Waals surface area (Å²) >= 11 is 19.0. The maximum Gasteiger partial charge on any atom is 0.273 e. The van der Waals surface area contributed by atoms with Gasteiger partial charge in [0, 0.05) is 22.7 Å². The summed E-state index contributed by atoms with van der Waals surface area (Å²) in [6, 6.07) is 13.7. The van der Waals surface area contributed by atoms with Crippen LogP contribution in [0, 0.1) is 6.92 Å². The molecule has 0 bridgehead atoms. The van der Waals surface area contributed by atoms with Gasteiger partial charge in [-0.25, -0.2) is 0 Å². The summed E-state index contributed by atoms with van der Waals surface area (Å²) in [5.74, 6) is 1.05. The lowest BCUT2D eigenvalue weighted by Crippen LogP contribution is -2.31. The van der Waals surface area contributed by atoms with Gasteiger partial charge in [0.05, 0.1) is 30.3 Å². The molecular weight excluding hydrogens is 549 g/mol. The van der Waals surface area contributed by atoms with Crippen LogP contribution in [-0.4, -0.2) is 46.9 Å². The lowest BCUT2D eigenvalue weighted by atomic mass is 9.95. The van der Waals surface area contributed by atoms with Gasteiger partial charge in [0.15, 0.2) is 11.5 Å². The van der Waals surface area contributed by atoms with E-state index in [1.54, 1.807) is 50.3 Å². The minimum absolute atomic E-state index is 0.0188. The Bertz CT molecular complexity index is 1550. The third-order valence-corrected chi connectivity index (χ3v) is 7.89. The molecule has 0 radical (unpaired) electrons. The van der Waals surface area contributed by atoms with Crippen LogP contribution in [0.4, 0.5) is 0 Å². The Morgan fingerprint density at radius 2 is 1.74 bits per heavy atom. The van der Waals surface area contributed by atoms with Crippen molar-refractivity contribution in [3.63, 3.8) is 0 Å². The number of aromatic amines is 1. The van der Waals surface area contributed by atoms with E-state index >= 15 is 0 Å². The average molecular weight is 573 g/mol. The summed E-state index contributed by atoms with van der Waals surface area (Å²) in [5.41, 5.74) is 4.32. The zero-order valence-electron chi connectivity index (χ0n) is 20.8. The fourth-order valence-corrected chi connectivity index (χ4v) is 5.27. The predicted molar refractivity (Wildman–Crippen MR) is 148 cm³/mol. The first kappa shape index (κ1) is 26.2. The zero-order chi connectivity index (χ0) is 27.1. The van der Waals surface area contributed by atoms with Crippen LogP contribution >= 0.6 is 34.8 Å². The van der Waals surface area contributed by atoms with Gasteiger partial charge in [-0.05, 0) is 66.4 Å². The summed E-state index contributed by atoms with van der Waals surface area (Å²) in [6.45, 7) is 2.20. The number of halogens is 3. The highest BCUT2D eigenvalue weighted by Crippen LogP contribution is 2.46. The molecule has 2 N–H and O–H groups in total. The van der Waals surface area contributed by atoms with Gasteiger partial charge in [-0.2, -0.15) is 5.10 Å². The number of fused-ring (bicyclic) bond motifs is 1. The van der Waals surface area contributed by atoms with Gasteiger partial charge in [0.2, 0.25) is 0 Å². The Hall–Kier alpha value is -3.39. The van der Waals surface area contributed by atoms with Gasteiger partial charge in [0.25, 0.3) is 5.91 Å². The predicted octanol–water partition coefficient (Wildman–Crippen LogP) is 6.86. The zero-order valence-corrected chi connectivity index (χ0v) is 23.1. The molecule has 5 rings (SSSR count). The number of amides is 1. The van der Waals surface area contributed by atoms with Crippen LogP contribution < -0.4 is 9.47 Å². The summed E-state index contributed by atoms with van der Waals surface area (Å²) in [7, 11) is 3.17. The molecular formula is C28H24Cl3N3O4. The second-order valence-electron chi connectivity index (χ2n) is 8.99. The SMILES string of the molecule is COc1ccc(CCN2C(=O)c3[nH]nc(-c4cc(Cl)c(C)cc4O)c3C2c2ccc(Cl)c(Cl)c2)cc1OC. The minimum Gasteiger partial charge on any atom is -0.507 e. The molecule has 1 atom stereocenters. The van der Waals surface area contributed by atoms with E-state index in [1.165, 1.54) is 0 Å². The maximum atomic E-state index is 13.7. The minimum atomic E-state index is -0.527. The Balaban J connectivity index is 1.58. The number of ether oxygens (including phenoxy) is 2. The molecule has 1 amide bonds. The highest BCUT2D eigenvalue weighted by molar-refractivity contribution is 6.42. The number of H-pyrrole nitrogens is 1. The number of carbonyl (C=O) groups excluding carboxylic acids is 1. The highest BCUT2D eigenvalue weighted by atomic mass is 35.5. The van der Waals surface area contributed by atoms with Gasteiger partial charge >= 0.3 is 0 Å². The van der Waals surface area contributed by atoms with E-state index in [0.717, 1.165) is 16.7 Å². The van der Waals surface area contributed by atoms with Crippen molar-refractivity contribution < 1.29 is 19.4 Å².